The molecule has 2 aromatic rings. The number of pyridine rings is 1. The third-order valence-corrected chi connectivity index (χ3v) is 2.54. The van der Waals surface area contributed by atoms with Gasteiger partial charge in [0.15, 0.2) is 0 Å². The minimum atomic E-state index is -0.468. The number of carbonyl (C=O) groups is 1. The summed E-state index contributed by atoms with van der Waals surface area (Å²) in [5, 5.41) is 0. The van der Waals surface area contributed by atoms with Crippen molar-refractivity contribution < 1.29 is 9.18 Å². The van der Waals surface area contributed by atoms with Gasteiger partial charge in [-0.05, 0) is 30.3 Å². The Hall–Kier alpha value is -2.43. The number of aromatic nitrogens is 1. The van der Waals surface area contributed by atoms with Crippen LogP contribution in [0.25, 0.3) is 0 Å². The molecule has 0 bridgehead atoms. The normalized spacial score (nSPS) is 10.1. The monoisotopic (exact) mass is 245 g/mol. The first-order valence-electron chi connectivity index (χ1n) is 5.33. The van der Waals surface area contributed by atoms with Crippen molar-refractivity contribution in [3.05, 3.63) is 54.0 Å². The summed E-state index contributed by atoms with van der Waals surface area (Å²) in [6, 6.07) is 8.94. The highest BCUT2D eigenvalue weighted by Gasteiger charge is 2.16. The van der Waals surface area contributed by atoms with Gasteiger partial charge in [-0.15, -0.1) is 0 Å². The largest absolute Gasteiger partial charge is 0.398 e. The van der Waals surface area contributed by atoms with Gasteiger partial charge in [0.05, 0.1) is 5.56 Å². The van der Waals surface area contributed by atoms with Crippen LogP contribution in [0, 0.1) is 5.82 Å². The summed E-state index contributed by atoms with van der Waals surface area (Å²) < 4.78 is 12.9. The molecule has 4 nitrogen and oxygen atoms in total. The molecule has 92 valence electrons. The zero-order valence-corrected chi connectivity index (χ0v) is 9.80. The van der Waals surface area contributed by atoms with E-state index >= 15 is 0 Å². The molecule has 0 aliphatic heterocycles. The Balaban J connectivity index is 2.32. The molecule has 0 saturated heterocycles. The SMILES string of the molecule is CN(C(=O)c1ccc(F)cc1N)c1ccccn1. The molecule has 0 aliphatic rings. The molecular formula is C13H12FN3O. The summed E-state index contributed by atoms with van der Waals surface area (Å²) in [5.74, 6) is -0.290. The Morgan fingerprint density at radius 2 is 2.11 bits per heavy atom. The fourth-order valence-electron chi connectivity index (χ4n) is 1.57. The first-order valence-corrected chi connectivity index (χ1v) is 5.33. The molecule has 1 aromatic carbocycles. The van der Waals surface area contributed by atoms with Crippen LogP contribution in [0.2, 0.25) is 0 Å². The first kappa shape index (κ1) is 12.0. The summed E-state index contributed by atoms with van der Waals surface area (Å²) in [6.07, 6.45) is 1.59. The van der Waals surface area contributed by atoms with Gasteiger partial charge in [0.1, 0.15) is 11.6 Å². The summed E-state index contributed by atoms with van der Waals surface area (Å²) >= 11 is 0. The van der Waals surface area contributed by atoms with E-state index in [9.17, 15) is 9.18 Å². The topological polar surface area (TPSA) is 59.2 Å². The quantitative estimate of drug-likeness (QED) is 0.824. The lowest BCUT2D eigenvalue weighted by molar-refractivity contribution is 0.0993. The maximum Gasteiger partial charge on any atom is 0.261 e. The second-order valence-corrected chi connectivity index (χ2v) is 3.78. The van der Waals surface area contributed by atoms with Gasteiger partial charge in [-0.25, -0.2) is 9.37 Å². The number of nitrogens with zero attached hydrogens (tertiary/aromatic N) is 2. The maximum absolute atomic E-state index is 12.9. The minimum Gasteiger partial charge on any atom is -0.398 e. The number of rotatable bonds is 2. The summed E-state index contributed by atoms with van der Waals surface area (Å²) in [7, 11) is 1.59. The molecular weight excluding hydrogens is 233 g/mol. The van der Waals surface area contributed by atoms with Crippen LogP contribution in [0.5, 0.6) is 0 Å². The summed E-state index contributed by atoms with van der Waals surface area (Å²) in [5.41, 5.74) is 6.00. The van der Waals surface area contributed by atoms with E-state index in [-0.39, 0.29) is 17.2 Å². The number of amides is 1. The van der Waals surface area contributed by atoms with Gasteiger partial charge < -0.3 is 5.73 Å². The molecule has 0 radical (unpaired) electrons. The Morgan fingerprint density at radius 3 is 2.72 bits per heavy atom. The number of benzene rings is 1. The van der Waals surface area contributed by atoms with Gasteiger partial charge >= 0.3 is 0 Å². The smallest absolute Gasteiger partial charge is 0.261 e. The van der Waals surface area contributed by atoms with Crippen molar-refractivity contribution in [3.8, 4) is 0 Å². The van der Waals surface area contributed by atoms with Gasteiger partial charge in [-0.3, -0.25) is 9.69 Å². The molecule has 0 aliphatic carbocycles. The molecule has 1 aromatic heterocycles. The highest BCUT2D eigenvalue weighted by molar-refractivity contribution is 6.08. The zero-order valence-electron chi connectivity index (χ0n) is 9.80. The van der Waals surface area contributed by atoms with E-state index in [1.54, 1.807) is 31.4 Å². The highest BCUT2D eigenvalue weighted by atomic mass is 19.1. The molecule has 2 N–H and O–H groups in total. The second-order valence-electron chi connectivity index (χ2n) is 3.78. The van der Waals surface area contributed by atoms with Crippen LogP contribution in [0.3, 0.4) is 0 Å². The van der Waals surface area contributed by atoms with E-state index < -0.39 is 5.82 Å². The average molecular weight is 245 g/mol. The lowest BCUT2D eigenvalue weighted by atomic mass is 10.1. The summed E-state index contributed by atoms with van der Waals surface area (Å²) in [6.45, 7) is 0. The van der Waals surface area contributed by atoms with Crippen LogP contribution in [0.15, 0.2) is 42.6 Å². The van der Waals surface area contributed by atoms with Crippen molar-refractivity contribution in [2.45, 2.75) is 0 Å². The Labute approximate surface area is 104 Å². The molecule has 2 rings (SSSR count). The number of carbonyl (C=O) groups excluding carboxylic acids is 1. The van der Waals surface area contributed by atoms with E-state index in [1.165, 1.54) is 17.0 Å². The molecule has 5 heteroatoms. The van der Waals surface area contributed by atoms with Crippen molar-refractivity contribution in [1.82, 2.24) is 4.98 Å². The van der Waals surface area contributed by atoms with Crippen LogP contribution in [-0.4, -0.2) is 17.9 Å². The average Bonchev–Trinajstić information content (AvgIpc) is 2.38. The number of hydrogen-bond donors (Lipinski definition) is 1. The molecule has 0 fully saturated rings. The minimum absolute atomic E-state index is 0.114. The molecule has 1 heterocycles. The van der Waals surface area contributed by atoms with E-state index in [0.717, 1.165) is 6.07 Å². The zero-order chi connectivity index (χ0) is 13.1. The lowest BCUT2D eigenvalue weighted by Gasteiger charge is -2.17. The Kier molecular flexibility index (Phi) is 3.23. The standard InChI is InChI=1S/C13H12FN3O/c1-17(12-4-2-3-7-16-12)13(18)10-6-5-9(14)8-11(10)15/h2-8H,15H2,1H3. The highest BCUT2D eigenvalue weighted by Crippen LogP contribution is 2.18. The fraction of sp³-hybridized carbons (Fsp3) is 0.0769. The molecule has 18 heavy (non-hydrogen) atoms. The third-order valence-electron chi connectivity index (χ3n) is 2.54. The van der Waals surface area contributed by atoms with Crippen LogP contribution >= 0.6 is 0 Å². The van der Waals surface area contributed by atoms with Gasteiger partial charge in [0.2, 0.25) is 0 Å². The lowest BCUT2D eigenvalue weighted by Crippen LogP contribution is -2.27. The third kappa shape index (κ3) is 2.29. The van der Waals surface area contributed by atoms with Crippen LogP contribution in [0.1, 0.15) is 10.4 Å². The van der Waals surface area contributed by atoms with Crippen molar-refractivity contribution in [1.29, 1.82) is 0 Å². The predicted octanol–water partition coefficient (Wildman–Crippen LogP) is 2.08. The number of nitrogens with two attached hydrogens (primary N) is 1. The van der Waals surface area contributed by atoms with Gasteiger partial charge in [0, 0.05) is 18.9 Å². The molecule has 0 spiro atoms. The van der Waals surface area contributed by atoms with Crippen molar-refractivity contribution in [2.75, 3.05) is 17.7 Å². The number of hydrogen-bond acceptors (Lipinski definition) is 3. The van der Waals surface area contributed by atoms with Crippen molar-refractivity contribution >= 4 is 17.4 Å². The molecule has 0 unspecified atom stereocenters. The first-order chi connectivity index (χ1) is 8.59. The second kappa shape index (κ2) is 4.83. The maximum atomic E-state index is 12.9. The van der Waals surface area contributed by atoms with E-state index in [1.807, 2.05) is 0 Å². The molecule has 1 amide bonds. The Bertz CT molecular complexity index is 572. The van der Waals surface area contributed by atoms with Crippen molar-refractivity contribution in [2.24, 2.45) is 0 Å². The van der Waals surface area contributed by atoms with Gasteiger partial charge in [0.25, 0.3) is 5.91 Å². The van der Waals surface area contributed by atoms with E-state index in [0.29, 0.717) is 5.82 Å². The Morgan fingerprint density at radius 1 is 1.33 bits per heavy atom. The van der Waals surface area contributed by atoms with Gasteiger partial charge in [-0.1, -0.05) is 6.07 Å². The van der Waals surface area contributed by atoms with Crippen LogP contribution in [0.4, 0.5) is 15.9 Å². The van der Waals surface area contributed by atoms with E-state index in [2.05, 4.69) is 4.98 Å². The predicted molar refractivity (Wildman–Crippen MR) is 67.8 cm³/mol. The van der Waals surface area contributed by atoms with Gasteiger partial charge in [-0.2, -0.15) is 0 Å². The van der Waals surface area contributed by atoms with Crippen LogP contribution < -0.4 is 10.6 Å². The van der Waals surface area contributed by atoms with Crippen molar-refractivity contribution in [3.63, 3.8) is 0 Å². The molecule has 0 atom stereocenters. The fourth-order valence-corrected chi connectivity index (χ4v) is 1.57. The summed E-state index contributed by atoms with van der Waals surface area (Å²) in [4.78, 5) is 17.6. The van der Waals surface area contributed by atoms with E-state index in [4.69, 9.17) is 5.73 Å². The number of anilines is 2. The number of nitrogen functional groups attached to an aromatic ring is 1. The molecule has 0 saturated carbocycles. The van der Waals surface area contributed by atoms with Crippen LogP contribution in [-0.2, 0) is 0 Å². The number of halogens is 1.